The normalized spacial score (nSPS) is 20.1. The van der Waals surface area contributed by atoms with Gasteiger partial charge in [-0.3, -0.25) is 4.90 Å². The van der Waals surface area contributed by atoms with E-state index >= 15 is 0 Å². The van der Waals surface area contributed by atoms with Crippen LogP contribution in [0.5, 0.6) is 11.5 Å². The van der Waals surface area contributed by atoms with Crippen LogP contribution in [0.15, 0.2) is 30.3 Å². The zero-order valence-electron chi connectivity index (χ0n) is 13.9. The monoisotopic (exact) mass is 343 g/mol. The zero-order chi connectivity index (χ0) is 15.4. The van der Waals surface area contributed by atoms with Crippen molar-refractivity contribution in [3.8, 4) is 22.6 Å². The molecule has 2 aromatic rings. The molecule has 24 heavy (non-hydrogen) atoms. The molecule has 2 aromatic carbocycles. The Morgan fingerprint density at radius 1 is 1.12 bits per heavy atom. The summed E-state index contributed by atoms with van der Waals surface area (Å²) in [6.07, 6.45) is 3.44. The van der Waals surface area contributed by atoms with Gasteiger partial charge in [0.1, 0.15) is 0 Å². The van der Waals surface area contributed by atoms with Crippen molar-refractivity contribution in [2.24, 2.45) is 0 Å². The number of hydrogen-bond donors (Lipinski definition) is 0. The van der Waals surface area contributed by atoms with Gasteiger partial charge < -0.3 is 9.47 Å². The molecule has 0 fully saturated rings. The standard InChI is InChI=1S/C20H21NO2.ClH/c1-2-9-21-10-8-13-4-3-5-15-18(13)16(21)11-14-6-7-17-20(19(14)15)23-12-22-17;/h3-7,16H,2,8-12H2,1H3;1H/t16-;/m0./s1. The first-order valence-corrected chi connectivity index (χ1v) is 8.64. The van der Waals surface area contributed by atoms with E-state index in [4.69, 9.17) is 9.47 Å². The SMILES string of the molecule is CCCN1CCc2cccc3c2[C@@H]1Cc1ccc2c(c1-3)OCO2.Cl. The van der Waals surface area contributed by atoms with Gasteiger partial charge in [-0.15, -0.1) is 12.4 Å². The fraction of sp³-hybridized carbons (Fsp3) is 0.400. The lowest BCUT2D eigenvalue weighted by molar-refractivity contribution is 0.173. The highest BCUT2D eigenvalue weighted by Gasteiger charge is 2.36. The smallest absolute Gasteiger partial charge is 0.231 e. The average molecular weight is 344 g/mol. The maximum atomic E-state index is 5.82. The molecule has 2 aliphatic heterocycles. The molecule has 1 atom stereocenters. The summed E-state index contributed by atoms with van der Waals surface area (Å²) in [5, 5.41) is 0. The number of hydrogen-bond acceptors (Lipinski definition) is 3. The van der Waals surface area contributed by atoms with Gasteiger partial charge in [0, 0.05) is 18.2 Å². The van der Waals surface area contributed by atoms with Crippen LogP contribution >= 0.6 is 12.4 Å². The molecule has 0 bridgehead atoms. The van der Waals surface area contributed by atoms with Gasteiger partial charge in [0.2, 0.25) is 6.79 Å². The largest absolute Gasteiger partial charge is 0.454 e. The van der Waals surface area contributed by atoms with E-state index in [0.717, 1.165) is 24.3 Å². The average Bonchev–Trinajstić information content (AvgIpc) is 3.06. The summed E-state index contributed by atoms with van der Waals surface area (Å²) in [5.41, 5.74) is 7.07. The predicted molar refractivity (Wildman–Crippen MR) is 97.3 cm³/mol. The molecule has 0 spiro atoms. The van der Waals surface area contributed by atoms with E-state index in [0.29, 0.717) is 12.8 Å². The fourth-order valence-electron chi connectivity index (χ4n) is 4.52. The first kappa shape index (κ1) is 15.8. The van der Waals surface area contributed by atoms with E-state index in [2.05, 4.69) is 42.2 Å². The number of halogens is 1. The van der Waals surface area contributed by atoms with Crippen LogP contribution < -0.4 is 9.47 Å². The summed E-state index contributed by atoms with van der Waals surface area (Å²) in [6.45, 7) is 4.97. The third kappa shape index (κ3) is 2.15. The van der Waals surface area contributed by atoms with Crippen molar-refractivity contribution in [1.82, 2.24) is 4.90 Å². The fourth-order valence-corrected chi connectivity index (χ4v) is 4.52. The van der Waals surface area contributed by atoms with Crippen LogP contribution in [0.1, 0.15) is 36.1 Å². The Bertz CT molecular complexity index is 789. The second-order valence-corrected chi connectivity index (χ2v) is 6.72. The molecule has 4 heteroatoms. The Morgan fingerprint density at radius 3 is 2.92 bits per heavy atom. The lowest BCUT2D eigenvalue weighted by Gasteiger charge is -2.41. The van der Waals surface area contributed by atoms with Crippen LogP contribution in [-0.2, 0) is 12.8 Å². The van der Waals surface area contributed by atoms with Crippen LogP contribution in [0.3, 0.4) is 0 Å². The second kappa shape index (κ2) is 5.98. The van der Waals surface area contributed by atoms with E-state index in [-0.39, 0.29) is 12.4 Å². The Kier molecular flexibility index (Phi) is 3.93. The van der Waals surface area contributed by atoms with Crippen molar-refractivity contribution < 1.29 is 9.47 Å². The summed E-state index contributed by atoms with van der Waals surface area (Å²) in [7, 11) is 0. The number of ether oxygens (including phenoxy) is 2. The van der Waals surface area contributed by atoms with Crippen LogP contribution in [-0.4, -0.2) is 24.8 Å². The van der Waals surface area contributed by atoms with Crippen LogP contribution in [0.4, 0.5) is 0 Å². The Labute approximate surface area is 149 Å². The minimum Gasteiger partial charge on any atom is -0.454 e. The zero-order valence-corrected chi connectivity index (χ0v) is 14.7. The topological polar surface area (TPSA) is 21.7 Å². The van der Waals surface area contributed by atoms with E-state index < -0.39 is 0 Å². The number of benzene rings is 2. The highest BCUT2D eigenvalue weighted by atomic mass is 35.5. The minimum absolute atomic E-state index is 0. The molecule has 0 amide bonds. The molecular formula is C20H22ClNO2. The van der Waals surface area contributed by atoms with Gasteiger partial charge in [0.05, 0.1) is 0 Å². The molecule has 0 unspecified atom stereocenters. The van der Waals surface area contributed by atoms with Gasteiger partial charge in [0.25, 0.3) is 0 Å². The maximum Gasteiger partial charge on any atom is 0.231 e. The molecule has 126 valence electrons. The molecule has 0 saturated carbocycles. The highest BCUT2D eigenvalue weighted by Crippen LogP contribution is 2.52. The van der Waals surface area contributed by atoms with Crippen molar-refractivity contribution in [2.45, 2.75) is 32.2 Å². The van der Waals surface area contributed by atoms with Gasteiger partial charge in [0.15, 0.2) is 11.5 Å². The summed E-state index contributed by atoms with van der Waals surface area (Å²) >= 11 is 0. The lowest BCUT2D eigenvalue weighted by Crippen LogP contribution is -2.38. The van der Waals surface area contributed by atoms with Gasteiger partial charge in [-0.05, 0) is 54.1 Å². The van der Waals surface area contributed by atoms with Gasteiger partial charge in [-0.1, -0.05) is 31.2 Å². The van der Waals surface area contributed by atoms with Crippen molar-refractivity contribution >= 4 is 12.4 Å². The van der Waals surface area contributed by atoms with E-state index in [9.17, 15) is 0 Å². The van der Waals surface area contributed by atoms with E-state index in [1.165, 1.54) is 47.3 Å². The van der Waals surface area contributed by atoms with Crippen molar-refractivity contribution in [3.05, 3.63) is 47.0 Å². The predicted octanol–water partition coefficient (Wildman–Crippen LogP) is 4.37. The van der Waals surface area contributed by atoms with E-state index in [1.54, 1.807) is 0 Å². The molecule has 0 N–H and O–H groups in total. The van der Waals surface area contributed by atoms with Crippen LogP contribution in [0.2, 0.25) is 0 Å². The molecule has 0 radical (unpaired) electrons. The molecule has 0 aromatic heterocycles. The number of fused-ring (bicyclic) bond motifs is 4. The Morgan fingerprint density at radius 2 is 2.04 bits per heavy atom. The number of nitrogens with zero attached hydrogens (tertiary/aromatic N) is 1. The molecule has 0 saturated heterocycles. The summed E-state index contributed by atoms with van der Waals surface area (Å²) in [4.78, 5) is 2.67. The van der Waals surface area contributed by atoms with Gasteiger partial charge >= 0.3 is 0 Å². The highest BCUT2D eigenvalue weighted by molar-refractivity contribution is 5.85. The van der Waals surface area contributed by atoms with Crippen LogP contribution in [0.25, 0.3) is 11.1 Å². The van der Waals surface area contributed by atoms with Gasteiger partial charge in [-0.2, -0.15) is 0 Å². The van der Waals surface area contributed by atoms with Crippen molar-refractivity contribution in [1.29, 1.82) is 0 Å². The summed E-state index contributed by atoms with van der Waals surface area (Å²) < 4.78 is 11.4. The second-order valence-electron chi connectivity index (χ2n) is 6.72. The Hall–Kier alpha value is -1.71. The number of rotatable bonds is 2. The molecule has 3 aliphatic rings. The quantitative estimate of drug-likeness (QED) is 0.808. The van der Waals surface area contributed by atoms with Crippen LogP contribution in [0, 0.1) is 0 Å². The van der Waals surface area contributed by atoms with Crippen molar-refractivity contribution in [2.75, 3.05) is 19.9 Å². The molecular weight excluding hydrogens is 322 g/mol. The first-order valence-electron chi connectivity index (χ1n) is 8.64. The van der Waals surface area contributed by atoms with Gasteiger partial charge in [-0.25, -0.2) is 0 Å². The molecule has 2 heterocycles. The third-order valence-electron chi connectivity index (χ3n) is 5.46. The molecule has 5 rings (SSSR count). The molecule has 3 nitrogen and oxygen atoms in total. The molecule has 1 aliphatic carbocycles. The maximum absolute atomic E-state index is 5.82. The first-order chi connectivity index (χ1) is 11.4. The Balaban J connectivity index is 0.00000146. The third-order valence-corrected chi connectivity index (χ3v) is 5.46. The summed E-state index contributed by atoms with van der Waals surface area (Å²) in [5.74, 6) is 1.84. The minimum atomic E-state index is 0. The summed E-state index contributed by atoms with van der Waals surface area (Å²) in [6, 6.07) is 11.6. The lowest BCUT2D eigenvalue weighted by atomic mass is 9.76. The van der Waals surface area contributed by atoms with E-state index in [1.807, 2.05) is 0 Å². The van der Waals surface area contributed by atoms with Crippen molar-refractivity contribution in [3.63, 3.8) is 0 Å².